The van der Waals surface area contributed by atoms with E-state index in [2.05, 4.69) is 27.1 Å². The molecule has 1 heterocycles. The Morgan fingerprint density at radius 2 is 2.08 bits per heavy atom. The summed E-state index contributed by atoms with van der Waals surface area (Å²) in [5, 5.41) is 3.32. The highest BCUT2D eigenvalue weighted by atomic mass is 127. The Morgan fingerprint density at radius 1 is 1.33 bits per heavy atom. The van der Waals surface area contributed by atoms with E-state index in [0.717, 1.165) is 30.5 Å². The van der Waals surface area contributed by atoms with Gasteiger partial charge in [0.1, 0.15) is 12.4 Å². The predicted octanol–water partition coefficient (Wildman–Crippen LogP) is 3.55. The van der Waals surface area contributed by atoms with E-state index in [1.54, 1.807) is 11.3 Å². The number of hydrogen-bond donors (Lipinski definition) is 1. The molecule has 0 amide bonds. The number of para-hydroxylation sites is 1. The molecule has 0 bridgehead atoms. The van der Waals surface area contributed by atoms with Crippen LogP contribution in [0.2, 0.25) is 0 Å². The topological polar surface area (TPSA) is 49.8 Å². The summed E-state index contributed by atoms with van der Waals surface area (Å²) in [4.78, 5) is 12.2. The van der Waals surface area contributed by atoms with Gasteiger partial charge < -0.3 is 15.0 Å². The monoisotopic (exact) mass is 460 g/mol. The van der Waals surface area contributed by atoms with Crippen LogP contribution in [0.5, 0.6) is 5.75 Å². The minimum absolute atomic E-state index is 0. The molecule has 0 unspecified atom stereocenters. The lowest BCUT2D eigenvalue weighted by Gasteiger charge is -2.22. The molecule has 132 valence electrons. The maximum absolute atomic E-state index is 5.74. The summed E-state index contributed by atoms with van der Waals surface area (Å²) in [7, 11) is 2.02. The molecule has 0 radical (unpaired) electrons. The molecule has 2 rings (SSSR count). The van der Waals surface area contributed by atoms with Gasteiger partial charge in [-0.25, -0.2) is 9.98 Å². The molecule has 0 saturated carbocycles. The number of aliphatic imine (C=N–C) groups is 1. The lowest BCUT2D eigenvalue weighted by molar-refractivity contribution is 0.281. The van der Waals surface area contributed by atoms with Gasteiger partial charge in [0.05, 0.1) is 24.3 Å². The quantitative estimate of drug-likeness (QED) is 0.390. The summed E-state index contributed by atoms with van der Waals surface area (Å²) < 4.78 is 5.74. The van der Waals surface area contributed by atoms with Crippen LogP contribution in [0.15, 0.2) is 40.8 Å². The van der Waals surface area contributed by atoms with Crippen LogP contribution < -0.4 is 10.1 Å². The Bertz CT molecular complexity index is 618. The zero-order valence-corrected chi connectivity index (χ0v) is 17.5. The average molecular weight is 460 g/mol. The van der Waals surface area contributed by atoms with Gasteiger partial charge >= 0.3 is 0 Å². The van der Waals surface area contributed by atoms with E-state index >= 15 is 0 Å². The number of halogens is 1. The van der Waals surface area contributed by atoms with Gasteiger partial charge in [0.2, 0.25) is 0 Å². The molecular weight excluding hydrogens is 435 g/mol. The number of thiazole rings is 1. The van der Waals surface area contributed by atoms with Crippen molar-refractivity contribution < 1.29 is 4.74 Å². The second-order valence-electron chi connectivity index (χ2n) is 5.11. The van der Waals surface area contributed by atoms with Crippen LogP contribution in [-0.2, 0) is 6.54 Å². The van der Waals surface area contributed by atoms with Gasteiger partial charge in [-0.2, -0.15) is 0 Å². The molecule has 24 heavy (non-hydrogen) atoms. The van der Waals surface area contributed by atoms with Crippen LogP contribution in [0.25, 0.3) is 0 Å². The molecule has 0 fully saturated rings. The summed E-state index contributed by atoms with van der Waals surface area (Å²) in [5.74, 6) is 1.78. The highest BCUT2D eigenvalue weighted by molar-refractivity contribution is 14.0. The number of aryl methyl sites for hydroxylation is 1. The molecule has 1 aromatic heterocycles. The SMILES string of the molecule is CCNC(=NCc1scnc1C)N(C)CCOc1ccccc1.I. The minimum Gasteiger partial charge on any atom is -0.492 e. The average Bonchev–Trinajstić information content (AvgIpc) is 2.97. The fourth-order valence-corrected chi connectivity index (χ4v) is 2.72. The Kier molecular flexibility index (Phi) is 9.70. The summed E-state index contributed by atoms with van der Waals surface area (Å²) in [5.41, 5.74) is 2.93. The zero-order chi connectivity index (χ0) is 16.5. The molecule has 0 atom stereocenters. The number of benzene rings is 1. The van der Waals surface area contributed by atoms with Crippen molar-refractivity contribution in [2.75, 3.05) is 26.7 Å². The third-order valence-electron chi connectivity index (χ3n) is 3.35. The van der Waals surface area contributed by atoms with Crippen LogP contribution in [0.3, 0.4) is 0 Å². The molecular formula is C17H25IN4OS. The van der Waals surface area contributed by atoms with Gasteiger partial charge in [-0.1, -0.05) is 18.2 Å². The maximum Gasteiger partial charge on any atom is 0.194 e. The summed E-state index contributed by atoms with van der Waals surface area (Å²) in [6, 6.07) is 9.86. The van der Waals surface area contributed by atoms with Crippen LogP contribution in [0.4, 0.5) is 0 Å². The Hall–Kier alpha value is -1.35. The van der Waals surface area contributed by atoms with E-state index in [4.69, 9.17) is 4.74 Å². The van der Waals surface area contributed by atoms with Crippen LogP contribution in [-0.4, -0.2) is 42.6 Å². The van der Waals surface area contributed by atoms with E-state index < -0.39 is 0 Å². The van der Waals surface area contributed by atoms with Crippen LogP contribution in [0.1, 0.15) is 17.5 Å². The zero-order valence-electron chi connectivity index (χ0n) is 14.4. The number of nitrogens with zero attached hydrogens (tertiary/aromatic N) is 3. The van der Waals surface area contributed by atoms with Gasteiger partial charge in [0.15, 0.2) is 5.96 Å². The predicted molar refractivity (Wildman–Crippen MR) is 112 cm³/mol. The number of nitrogens with one attached hydrogen (secondary N) is 1. The lowest BCUT2D eigenvalue weighted by Crippen LogP contribution is -2.40. The molecule has 2 aromatic rings. The minimum atomic E-state index is 0. The second kappa shape index (κ2) is 11.2. The van der Waals surface area contributed by atoms with Crippen LogP contribution in [0, 0.1) is 6.92 Å². The highest BCUT2D eigenvalue weighted by Gasteiger charge is 2.07. The van der Waals surface area contributed by atoms with Crippen molar-refractivity contribution in [3.63, 3.8) is 0 Å². The largest absolute Gasteiger partial charge is 0.492 e. The van der Waals surface area contributed by atoms with Gasteiger partial charge in [-0.05, 0) is 26.0 Å². The Morgan fingerprint density at radius 3 is 2.71 bits per heavy atom. The van der Waals surface area contributed by atoms with Crippen molar-refractivity contribution in [2.45, 2.75) is 20.4 Å². The molecule has 5 nitrogen and oxygen atoms in total. The molecule has 0 saturated heterocycles. The molecule has 1 N–H and O–H groups in total. The number of likely N-dealkylation sites (N-methyl/N-ethyl adjacent to an activating group) is 1. The van der Waals surface area contributed by atoms with E-state index in [0.29, 0.717) is 13.2 Å². The third kappa shape index (κ3) is 6.64. The van der Waals surface area contributed by atoms with Crippen molar-refractivity contribution in [1.82, 2.24) is 15.2 Å². The first-order valence-electron chi connectivity index (χ1n) is 7.77. The molecule has 7 heteroatoms. The highest BCUT2D eigenvalue weighted by Crippen LogP contribution is 2.13. The summed E-state index contributed by atoms with van der Waals surface area (Å²) in [6.45, 7) is 6.97. The number of guanidine groups is 1. The van der Waals surface area contributed by atoms with Gasteiger partial charge in [0.25, 0.3) is 0 Å². The van der Waals surface area contributed by atoms with Crippen molar-refractivity contribution in [3.05, 3.63) is 46.4 Å². The fourth-order valence-electron chi connectivity index (χ4n) is 2.02. The standard InChI is InChI=1S/C17H24N4OS.HI/c1-4-18-17(19-12-16-14(2)20-13-23-16)21(3)10-11-22-15-8-6-5-7-9-15;/h5-9,13H,4,10-12H2,1-3H3,(H,18,19);1H. The Balaban J connectivity index is 0.00000288. The molecule has 0 aliphatic heterocycles. The van der Waals surface area contributed by atoms with Crippen molar-refractivity contribution in [1.29, 1.82) is 0 Å². The number of ether oxygens (including phenoxy) is 1. The van der Waals surface area contributed by atoms with Crippen molar-refractivity contribution >= 4 is 41.3 Å². The number of aromatic nitrogens is 1. The van der Waals surface area contributed by atoms with Crippen LogP contribution >= 0.6 is 35.3 Å². The van der Waals surface area contributed by atoms with E-state index in [1.165, 1.54) is 4.88 Å². The van der Waals surface area contributed by atoms with E-state index in [9.17, 15) is 0 Å². The summed E-state index contributed by atoms with van der Waals surface area (Å²) in [6.07, 6.45) is 0. The van der Waals surface area contributed by atoms with E-state index in [1.807, 2.05) is 49.8 Å². The fraction of sp³-hybridized carbons (Fsp3) is 0.412. The normalized spacial score (nSPS) is 10.9. The lowest BCUT2D eigenvalue weighted by atomic mass is 10.3. The van der Waals surface area contributed by atoms with Gasteiger partial charge in [-0.3, -0.25) is 0 Å². The number of hydrogen-bond acceptors (Lipinski definition) is 4. The maximum atomic E-state index is 5.74. The number of rotatable bonds is 7. The summed E-state index contributed by atoms with van der Waals surface area (Å²) >= 11 is 1.65. The molecule has 0 spiro atoms. The molecule has 1 aromatic carbocycles. The van der Waals surface area contributed by atoms with Gasteiger partial charge in [0, 0.05) is 18.5 Å². The first kappa shape index (κ1) is 20.7. The third-order valence-corrected chi connectivity index (χ3v) is 4.27. The first-order chi connectivity index (χ1) is 11.2. The molecule has 0 aliphatic carbocycles. The first-order valence-corrected chi connectivity index (χ1v) is 8.65. The van der Waals surface area contributed by atoms with Crippen molar-refractivity contribution in [2.24, 2.45) is 4.99 Å². The smallest absolute Gasteiger partial charge is 0.194 e. The van der Waals surface area contributed by atoms with Gasteiger partial charge in [-0.15, -0.1) is 35.3 Å². The van der Waals surface area contributed by atoms with E-state index in [-0.39, 0.29) is 24.0 Å². The van der Waals surface area contributed by atoms with Crippen molar-refractivity contribution in [3.8, 4) is 5.75 Å². The second-order valence-corrected chi connectivity index (χ2v) is 6.05. The Labute approximate surface area is 165 Å². The molecule has 0 aliphatic rings.